The van der Waals surface area contributed by atoms with Crippen LogP contribution in [0.5, 0.6) is 11.5 Å². The molecular formula is C27H27N3O3S. The summed E-state index contributed by atoms with van der Waals surface area (Å²) in [6.45, 7) is 5.10. The zero-order valence-electron chi connectivity index (χ0n) is 19.0. The van der Waals surface area contributed by atoms with Gasteiger partial charge in [0.2, 0.25) is 12.7 Å². The number of anilines is 2. The molecule has 3 N–H and O–H groups in total. The molecule has 0 bridgehead atoms. The lowest BCUT2D eigenvalue weighted by molar-refractivity contribution is -0.111. The van der Waals surface area contributed by atoms with Crippen molar-refractivity contribution >= 4 is 28.6 Å². The van der Waals surface area contributed by atoms with Crippen LogP contribution in [0, 0.1) is 0 Å². The molecule has 5 rings (SSSR count). The summed E-state index contributed by atoms with van der Waals surface area (Å²) in [6.07, 6.45) is 4.48. The predicted octanol–water partition coefficient (Wildman–Crippen LogP) is 5.44. The number of likely N-dealkylation sites (tertiary alicyclic amines) is 1. The number of hydrogen-bond donors (Lipinski definition) is 2. The van der Waals surface area contributed by atoms with E-state index in [9.17, 15) is 4.79 Å². The molecule has 3 heterocycles. The summed E-state index contributed by atoms with van der Waals surface area (Å²) in [7, 11) is 0. The predicted molar refractivity (Wildman–Crippen MR) is 137 cm³/mol. The molecule has 7 heteroatoms. The number of amides is 1. The second-order valence-corrected chi connectivity index (χ2v) is 9.48. The first-order chi connectivity index (χ1) is 16.5. The van der Waals surface area contributed by atoms with E-state index >= 15 is 0 Å². The van der Waals surface area contributed by atoms with Gasteiger partial charge in [-0.05, 0) is 60.2 Å². The molecule has 1 saturated heterocycles. The monoisotopic (exact) mass is 473 g/mol. The zero-order chi connectivity index (χ0) is 23.5. The van der Waals surface area contributed by atoms with Crippen LogP contribution in [0.2, 0.25) is 0 Å². The maximum Gasteiger partial charge on any atom is 0.248 e. The van der Waals surface area contributed by atoms with Gasteiger partial charge in [0, 0.05) is 30.6 Å². The number of thiophene rings is 1. The minimum Gasteiger partial charge on any atom is -0.454 e. The summed E-state index contributed by atoms with van der Waals surface area (Å²) in [5, 5.41) is 4.95. The number of hydrogen-bond acceptors (Lipinski definition) is 6. The minimum absolute atomic E-state index is 0.190. The van der Waals surface area contributed by atoms with E-state index in [-0.39, 0.29) is 5.91 Å². The molecule has 1 amide bonds. The van der Waals surface area contributed by atoms with Crippen molar-refractivity contribution in [2.45, 2.75) is 19.9 Å². The van der Waals surface area contributed by atoms with Crippen LogP contribution in [-0.4, -0.2) is 30.7 Å². The van der Waals surface area contributed by atoms with Gasteiger partial charge in [-0.3, -0.25) is 9.69 Å². The highest BCUT2D eigenvalue weighted by atomic mass is 32.1. The number of nitrogen functional groups attached to an aromatic ring is 1. The first-order valence-electron chi connectivity index (χ1n) is 11.3. The van der Waals surface area contributed by atoms with Crippen molar-refractivity contribution in [3.8, 4) is 21.9 Å². The lowest BCUT2D eigenvalue weighted by atomic mass is 10.1. The van der Waals surface area contributed by atoms with Crippen molar-refractivity contribution in [1.82, 2.24) is 4.90 Å². The number of ether oxygens (including phenoxy) is 2. The van der Waals surface area contributed by atoms with E-state index in [1.165, 1.54) is 11.1 Å². The number of nitrogens with zero attached hydrogens (tertiary/aromatic N) is 1. The van der Waals surface area contributed by atoms with Crippen LogP contribution >= 0.6 is 11.3 Å². The van der Waals surface area contributed by atoms with Gasteiger partial charge in [0.25, 0.3) is 0 Å². The molecule has 2 aliphatic heterocycles. The minimum atomic E-state index is -0.190. The van der Waals surface area contributed by atoms with E-state index in [2.05, 4.69) is 35.3 Å². The Balaban J connectivity index is 1.19. The number of allylic oxidation sites excluding steroid dienone is 2. The third kappa shape index (κ3) is 5.00. The van der Waals surface area contributed by atoms with E-state index in [4.69, 9.17) is 15.2 Å². The Morgan fingerprint density at radius 3 is 2.88 bits per heavy atom. The third-order valence-corrected chi connectivity index (χ3v) is 7.07. The van der Waals surface area contributed by atoms with Crippen molar-refractivity contribution in [1.29, 1.82) is 0 Å². The first-order valence-corrected chi connectivity index (χ1v) is 12.1. The number of rotatable bonds is 6. The maximum absolute atomic E-state index is 12.6. The molecule has 0 atom stereocenters. The SMILES string of the molecule is CC(/C=C/C(=O)Nc1cc(-c2cccs2)ccc1N)=C1/CCN(Cc2ccc3c(c2)OCO3)C1. The van der Waals surface area contributed by atoms with Crippen molar-refractivity contribution in [3.63, 3.8) is 0 Å². The average Bonchev–Trinajstić information content (AvgIpc) is 3.60. The van der Waals surface area contributed by atoms with Crippen LogP contribution in [0.25, 0.3) is 10.4 Å². The summed E-state index contributed by atoms with van der Waals surface area (Å²) in [5.41, 5.74) is 12.0. The van der Waals surface area contributed by atoms with Gasteiger partial charge < -0.3 is 20.5 Å². The quantitative estimate of drug-likeness (QED) is 0.368. The zero-order valence-corrected chi connectivity index (χ0v) is 19.9. The normalized spacial score (nSPS) is 16.9. The Labute approximate surface area is 203 Å². The van der Waals surface area contributed by atoms with Gasteiger partial charge >= 0.3 is 0 Å². The van der Waals surface area contributed by atoms with Crippen LogP contribution < -0.4 is 20.5 Å². The molecule has 34 heavy (non-hydrogen) atoms. The lowest BCUT2D eigenvalue weighted by Gasteiger charge is -2.15. The molecule has 1 aromatic heterocycles. The molecule has 0 spiro atoms. The van der Waals surface area contributed by atoms with Gasteiger partial charge in [0.1, 0.15) is 0 Å². The number of benzene rings is 2. The van der Waals surface area contributed by atoms with Gasteiger partial charge in [-0.2, -0.15) is 0 Å². The molecule has 6 nitrogen and oxygen atoms in total. The van der Waals surface area contributed by atoms with Crippen LogP contribution in [-0.2, 0) is 11.3 Å². The Morgan fingerprint density at radius 2 is 2.03 bits per heavy atom. The summed E-state index contributed by atoms with van der Waals surface area (Å²) < 4.78 is 10.9. The number of nitrogens with one attached hydrogen (secondary N) is 1. The standard InChI is InChI=1S/C27H27N3O3S/c1-18(21-10-11-30(16-21)15-19-5-8-24-25(13-19)33-17-32-24)4-9-27(31)29-23-14-20(6-7-22(23)28)26-3-2-12-34-26/h2-9,12-14H,10-11,15-17,28H2,1H3,(H,29,31)/b9-4+,21-18+. The second-order valence-electron chi connectivity index (χ2n) is 8.54. The molecule has 1 fully saturated rings. The summed E-state index contributed by atoms with van der Waals surface area (Å²) >= 11 is 1.65. The van der Waals surface area contributed by atoms with Crippen molar-refractivity contribution in [3.05, 3.63) is 82.8 Å². The fraction of sp³-hybridized carbons (Fsp3) is 0.222. The molecular weight excluding hydrogens is 446 g/mol. The molecule has 174 valence electrons. The highest BCUT2D eigenvalue weighted by molar-refractivity contribution is 7.13. The number of carbonyl (C=O) groups is 1. The van der Waals surface area contributed by atoms with Gasteiger partial charge in [0.05, 0.1) is 11.4 Å². The van der Waals surface area contributed by atoms with Crippen LogP contribution in [0.3, 0.4) is 0 Å². The molecule has 2 aliphatic rings. The van der Waals surface area contributed by atoms with E-state index in [1.54, 1.807) is 17.4 Å². The van der Waals surface area contributed by atoms with Gasteiger partial charge in [-0.1, -0.05) is 35.4 Å². The van der Waals surface area contributed by atoms with Crippen LogP contribution in [0.15, 0.2) is 77.2 Å². The highest BCUT2D eigenvalue weighted by Crippen LogP contribution is 2.33. The fourth-order valence-electron chi connectivity index (χ4n) is 4.23. The summed E-state index contributed by atoms with van der Waals surface area (Å²) in [5.74, 6) is 1.44. The van der Waals surface area contributed by atoms with E-state index < -0.39 is 0 Å². The summed E-state index contributed by atoms with van der Waals surface area (Å²) in [4.78, 5) is 16.1. The highest BCUT2D eigenvalue weighted by Gasteiger charge is 2.20. The lowest BCUT2D eigenvalue weighted by Crippen LogP contribution is -2.18. The van der Waals surface area contributed by atoms with Gasteiger partial charge in [-0.25, -0.2) is 0 Å². The molecule has 2 aromatic carbocycles. The van der Waals surface area contributed by atoms with Crippen molar-refractivity contribution in [2.75, 3.05) is 30.9 Å². The molecule has 0 saturated carbocycles. The fourth-order valence-corrected chi connectivity index (χ4v) is 4.95. The molecule has 0 unspecified atom stereocenters. The second kappa shape index (κ2) is 9.75. The summed E-state index contributed by atoms with van der Waals surface area (Å²) in [6, 6.07) is 15.9. The van der Waals surface area contributed by atoms with Crippen molar-refractivity contribution < 1.29 is 14.3 Å². The van der Waals surface area contributed by atoms with E-state index in [0.29, 0.717) is 18.2 Å². The van der Waals surface area contributed by atoms with Crippen LogP contribution in [0.1, 0.15) is 18.9 Å². The van der Waals surface area contributed by atoms with Crippen LogP contribution in [0.4, 0.5) is 11.4 Å². The Bertz CT molecular complexity index is 1260. The largest absolute Gasteiger partial charge is 0.454 e. The first kappa shape index (κ1) is 22.3. The average molecular weight is 474 g/mol. The van der Waals surface area contributed by atoms with Gasteiger partial charge in [-0.15, -0.1) is 11.3 Å². The molecule has 0 aliphatic carbocycles. The molecule has 3 aromatic rings. The maximum atomic E-state index is 12.6. The van der Waals surface area contributed by atoms with E-state index in [0.717, 1.165) is 53.6 Å². The Kier molecular flexibility index (Phi) is 6.38. The van der Waals surface area contributed by atoms with Crippen molar-refractivity contribution in [2.24, 2.45) is 0 Å². The smallest absolute Gasteiger partial charge is 0.248 e. The Hall–Kier alpha value is -3.55. The number of carbonyl (C=O) groups excluding carboxylic acids is 1. The number of nitrogens with two attached hydrogens (primary N) is 1. The Morgan fingerprint density at radius 1 is 1.15 bits per heavy atom. The molecule has 0 radical (unpaired) electrons. The topological polar surface area (TPSA) is 76.8 Å². The number of fused-ring (bicyclic) bond motifs is 1. The van der Waals surface area contributed by atoms with E-state index in [1.807, 2.05) is 41.8 Å². The van der Waals surface area contributed by atoms with Gasteiger partial charge in [0.15, 0.2) is 11.5 Å². The third-order valence-electron chi connectivity index (χ3n) is 6.15.